The average Bonchev–Trinajstić information content (AvgIpc) is 3.09. The maximum atomic E-state index is 12.4. The van der Waals surface area contributed by atoms with E-state index < -0.39 is 5.41 Å². The molecule has 0 spiro atoms. The SMILES string of the molecule is Cn1cnc(C(=O)NC(=N)C2(c3ccc(-c4cnc(N)cn4)cc3)CCC2)c1. The number of nitrogens with zero attached hydrogens (tertiary/aromatic N) is 4. The van der Waals surface area contributed by atoms with E-state index in [0.717, 1.165) is 36.1 Å². The van der Waals surface area contributed by atoms with Crippen LogP contribution in [0.4, 0.5) is 5.82 Å². The Morgan fingerprint density at radius 2 is 1.93 bits per heavy atom. The summed E-state index contributed by atoms with van der Waals surface area (Å²) in [6, 6.07) is 7.91. The molecule has 1 aromatic carbocycles. The molecule has 4 N–H and O–H groups in total. The monoisotopic (exact) mass is 375 g/mol. The van der Waals surface area contributed by atoms with E-state index in [0.29, 0.717) is 11.5 Å². The van der Waals surface area contributed by atoms with Gasteiger partial charge in [0.15, 0.2) is 0 Å². The summed E-state index contributed by atoms with van der Waals surface area (Å²) in [6.07, 6.45) is 9.05. The fourth-order valence-electron chi connectivity index (χ4n) is 3.49. The molecular weight excluding hydrogens is 354 g/mol. The van der Waals surface area contributed by atoms with E-state index in [4.69, 9.17) is 11.1 Å². The van der Waals surface area contributed by atoms with Crippen LogP contribution in [0.5, 0.6) is 0 Å². The lowest BCUT2D eigenvalue weighted by Gasteiger charge is -2.42. The summed E-state index contributed by atoms with van der Waals surface area (Å²) in [5.41, 5.74) is 8.11. The lowest BCUT2D eigenvalue weighted by atomic mass is 9.63. The van der Waals surface area contributed by atoms with E-state index in [-0.39, 0.29) is 11.7 Å². The van der Waals surface area contributed by atoms with E-state index in [9.17, 15) is 4.79 Å². The van der Waals surface area contributed by atoms with Crippen LogP contribution in [-0.2, 0) is 12.5 Å². The Morgan fingerprint density at radius 3 is 2.46 bits per heavy atom. The minimum atomic E-state index is -0.463. The van der Waals surface area contributed by atoms with Crippen molar-refractivity contribution in [1.82, 2.24) is 24.8 Å². The first-order valence-electron chi connectivity index (χ1n) is 9.05. The minimum Gasteiger partial charge on any atom is -0.382 e. The van der Waals surface area contributed by atoms with E-state index in [1.807, 2.05) is 24.3 Å². The number of aromatic nitrogens is 4. The first-order valence-corrected chi connectivity index (χ1v) is 9.05. The van der Waals surface area contributed by atoms with Gasteiger partial charge in [-0.1, -0.05) is 30.7 Å². The zero-order valence-electron chi connectivity index (χ0n) is 15.5. The summed E-state index contributed by atoms with van der Waals surface area (Å²) in [5, 5.41) is 11.3. The number of nitrogens with two attached hydrogens (primary N) is 1. The molecule has 0 radical (unpaired) electrons. The number of anilines is 1. The highest BCUT2D eigenvalue weighted by Gasteiger charge is 2.43. The summed E-state index contributed by atoms with van der Waals surface area (Å²) in [6.45, 7) is 0. The largest absolute Gasteiger partial charge is 0.382 e. The number of aryl methyl sites for hydroxylation is 1. The third-order valence-corrected chi connectivity index (χ3v) is 5.27. The van der Waals surface area contributed by atoms with E-state index >= 15 is 0 Å². The molecule has 0 atom stereocenters. The number of rotatable bonds is 4. The number of carbonyl (C=O) groups is 1. The number of nitrogen functional groups attached to an aromatic ring is 1. The summed E-state index contributed by atoms with van der Waals surface area (Å²) in [4.78, 5) is 24.8. The number of nitrogens with one attached hydrogen (secondary N) is 2. The number of imidazole rings is 1. The van der Waals surface area contributed by atoms with Gasteiger partial charge in [-0.05, 0) is 18.4 Å². The summed E-state index contributed by atoms with van der Waals surface area (Å²) in [7, 11) is 1.80. The second-order valence-corrected chi connectivity index (χ2v) is 7.09. The molecule has 0 unspecified atom stereocenters. The van der Waals surface area contributed by atoms with Gasteiger partial charge in [0.25, 0.3) is 5.91 Å². The molecule has 2 aromatic heterocycles. The third-order valence-electron chi connectivity index (χ3n) is 5.27. The maximum absolute atomic E-state index is 12.4. The van der Waals surface area contributed by atoms with Crippen LogP contribution < -0.4 is 11.1 Å². The summed E-state index contributed by atoms with van der Waals surface area (Å²) >= 11 is 0. The molecule has 0 bridgehead atoms. The second kappa shape index (κ2) is 6.88. The van der Waals surface area contributed by atoms with Crippen LogP contribution in [0.25, 0.3) is 11.3 Å². The summed E-state index contributed by atoms with van der Waals surface area (Å²) in [5.74, 6) is 0.242. The van der Waals surface area contributed by atoms with E-state index in [1.54, 1.807) is 30.3 Å². The fourth-order valence-corrected chi connectivity index (χ4v) is 3.49. The van der Waals surface area contributed by atoms with Crippen molar-refractivity contribution in [2.24, 2.45) is 7.05 Å². The van der Waals surface area contributed by atoms with Crippen molar-refractivity contribution in [3.8, 4) is 11.3 Å². The molecule has 3 aromatic rings. The van der Waals surface area contributed by atoms with Gasteiger partial charge in [0.05, 0.1) is 29.8 Å². The van der Waals surface area contributed by atoms with Crippen LogP contribution in [0.15, 0.2) is 49.2 Å². The number of hydrogen-bond donors (Lipinski definition) is 3. The van der Waals surface area contributed by atoms with Crippen molar-refractivity contribution in [3.05, 3.63) is 60.4 Å². The predicted molar refractivity (Wildman–Crippen MR) is 106 cm³/mol. The van der Waals surface area contributed by atoms with Gasteiger partial charge in [-0.2, -0.15) is 0 Å². The molecule has 1 saturated carbocycles. The third kappa shape index (κ3) is 3.13. The van der Waals surface area contributed by atoms with Gasteiger partial charge in [-0.15, -0.1) is 0 Å². The van der Waals surface area contributed by atoms with Crippen LogP contribution in [0.1, 0.15) is 35.3 Å². The van der Waals surface area contributed by atoms with Gasteiger partial charge in [0, 0.05) is 18.8 Å². The minimum absolute atomic E-state index is 0.217. The Labute approximate surface area is 162 Å². The van der Waals surface area contributed by atoms with Gasteiger partial charge in [-0.25, -0.2) is 9.97 Å². The van der Waals surface area contributed by atoms with Crippen LogP contribution in [0.3, 0.4) is 0 Å². The van der Waals surface area contributed by atoms with Crippen molar-refractivity contribution < 1.29 is 4.79 Å². The van der Waals surface area contributed by atoms with Crippen LogP contribution >= 0.6 is 0 Å². The molecule has 8 heteroatoms. The second-order valence-electron chi connectivity index (χ2n) is 7.09. The van der Waals surface area contributed by atoms with Crippen molar-refractivity contribution in [2.75, 3.05) is 5.73 Å². The van der Waals surface area contributed by atoms with Crippen molar-refractivity contribution in [3.63, 3.8) is 0 Å². The highest BCUT2D eigenvalue weighted by molar-refractivity contribution is 6.08. The topological polar surface area (TPSA) is 123 Å². The lowest BCUT2D eigenvalue weighted by molar-refractivity contribution is 0.0967. The smallest absolute Gasteiger partial charge is 0.276 e. The van der Waals surface area contributed by atoms with Crippen LogP contribution in [-0.4, -0.2) is 31.3 Å². The van der Waals surface area contributed by atoms with Crippen molar-refractivity contribution >= 4 is 17.6 Å². The predicted octanol–water partition coefficient (Wildman–Crippen LogP) is 2.29. The Bertz CT molecular complexity index is 1020. The average molecular weight is 375 g/mol. The normalized spacial score (nSPS) is 14.9. The molecule has 0 aliphatic heterocycles. The number of amidine groups is 1. The van der Waals surface area contributed by atoms with Gasteiger partial charge in [0.2, 0.25) is 0 Å². The quantitative estimate of drug-likeness (QED) is 0.477. The lowest BCUT2D eigenvalue weighted by Crippen LogP contribution is -2.50. The van der Waals surface area contributed by atoms with Crippen molar-refractivity contribution in [2.45, 2.75) is 24.7 Å². The standard InChI is InChI=1S/C20H21N7O/c1-27-11-16(25-12-27)18(28)26-19(22)20(7-2-8-20)14-5-3-13(4-6-14)15-9-24-17(21)10-23-15/h3-6,9-12H,2,7-8H2,1H3,(H2,21,24)(H2,22,26,28). The first-order chi connectivity index (χ1) is 13.5. The molecule has 8 nitrogen and oxygen atoms in total. The molecule has 142 valence electrons. The summed E-state index contributed by atoms with van der Waals surface area (Å²) < 4.78 is 1.70. The Morgan fingerprint density at radius 1 is 1.18 bits per heavy atom. The molecule has 1 amide bonds. The number of amides is 1. The molecule has 28 heavy (non-hydrogen) atoms. The molecule has 1 aliphatic carbocycles. The zero-order chi connectivity index (χ0) is 19.7. The Hall–Kier alpha value is -3.55. The molecule has 0 saturated heterocycles. The highest BCUT2D eigenvalue weighted by atomic mass is 16.2. The van der Waals surface area contributed by atoms with E-state index in [1.165, 1.54) is 6.20 Å². The molecular formula is C20H21N7O. The number of carbonyl (C=O) groups excluding carboxylic acids is 1. The molecule has 1 fully saturated rings. The van der Waals surface area contributed by atoms with Gasteiger partial charge in [-0.3, -0.25) is 15.2 Å². The van der Waals surface area contributed by atoms with Crippen LogP contribution in [0, 0.1) is 5.41 Å². The Kier molecular flexibility index (Phi) is 4.38. The Balaban J connectivity index is 1.54. The van der Waals surface area contributed by atoms with Crippen molar-refractivity contribution in [1.29, 1.82) is 5.41 Å². The molecule has 4 rings (SSSR count). The van der Waals surface area contributed by atoms with Gasteiger partial charge in [0.1, 0.15) is 17.3 Å². The first kappa shape index (κ1) is 17.8. The maximum Gasteiger partial charge on any atom is 0.276 e. The van der Waals surface area contributed by atoms with E-state index in [2.05, 4.69) is 20.3 Å². The van der Waals surface area contributed by atoms with Gasteiger partial charge >= 0.3 is 0 Å². The zero-order valence-corrected chi connectivity index (χ0v) is 15.5. The fraction of sp³-hybridized carbons (Fsp3) is 0.250. The highest BCUT2D eigenvalue weighted by Crippen LogP contribution is 2.44. The number of hydrogen-bond acceptors (Lipinski definition) is 6. The van der Waals surface area contributed by atoms with Crippen LogP contribution in [0.2, 0.25) is 0 Å². The molecule has 1 aliphatic rings. The number of benzene rings is 1. The molecule has 2 heterocycles. The van der Waals surface area contributed by atoms with Gasteiger partial charge < -0.3 is 15.6 Å².